The summed E-state index contributed by atoms with van der Waals surface area (Å²) >= 11 is 0. The van der Waals surface area contributed by atoms with Gasteiger partial charge in [0, 0.05) is 18.6 Å². The standard InChI is InChI=1S/C21H21N3O3/c1-25-18-8-13(9-19(26-2)20(18)27-3)15-10-16(15)14-11-23-21(24-12-14)17-6-4-5-7-22-17/h4-9,11-12,15-16H,10H2,1-3H3. The fourth-order valence-corrected chi connectivity index (χ4v) is 3.40. The molecule has 27 heavy (non-hydrogen) atoms. The molecule has 2 aromatic heterocycles. The van der Waals surface area contributed by atoms with Crippen LogP contribution in [0.4, 0.5) is 0 Å². The second kappa shape index (κ2) is 7.23. The van der Waals surface area contributed by atoms with Gasteiger partial charge in [0.25, 0.3) is 0 Å². The molecule has 3 aromatic rings. The van der Waals surface area contributed by atoms with E-state index in [4.69, 9.17) is 14.2 Å². The smallest absolute Gasteiger partial charge is 0.203 e. The lowest BCUT2D eigenvalue weighted by atomic mass is 10.1. The second-order valence-corrected chi connectivity index (χ2v) is 6.46. The van der Waals surface area contributed by atoms with Crippen LogP contribution in [0.25, 0.3) is 11.5 Å². The number of nitrogens with zero attached hydrogens (tertiary/aromatic N) is 3. The summed E-state index contributed by atoms with van der Waals surface area (Å²) in [4.78, 5) is 13.3. The summed E-state index contributed by atoms with van der Waals surface area (Å²) < 4.78 is 16.3. The molecule has 0 aliphatic heterocycles. The van der Waals surface area contributed by atoms with Crippen molar-refractivity contribution >= 4 is 0 Å². The van der Waals surface area contributed by atoms with Crippen LogP contribution >= 0.6 is 0 Å². The van der Waals surface area contributed by atoms with Crippen molar-refractivity contribution in [1.29, 1.82) is 0 Å². The predicted molar refractivity (Wildman–Crippen MR) is 101 cm³/mol. The zero-order valence-corrected chi connectivity index (χ0v) is 15.5. The van der Waals surface area contributed by atoms with E-state index >= 15 is 0 Å². The van der Waals surface area contributed by atoms with Crippen LogP contribution in [0.5, 0.6) is 17.2 Å². The number of ether oxygens (including phenoxy) is 3. The topological polar surface area (TPSA) is 66.4 Å². The van der Waals surface area contributed by atoms with Gasteiger partial charge in [0.2, 0.25) is 5.75 Å². The second-order valence-electron chi connectivity index (χ2n) is 6.46. The van der Waals surface area contributed by atoms with Crippen molar-refractivity contribution in [2.75, 3.05) is 21.3 Å². The Balaban J connectivity index is 1.56. The summed E-state index contributed by atoms with van der Waals surface area (Å²) in [5, 5.41) is 0. The lowest BCUT2D eigenvalue weighted by Gasteiger charge is -2.14. The molecule has 4 rings (SSSR count). The average Bonchev–Trinajstić information content (AvgIpc) is 3.54. The van der Waals surface area contributed by atoms with Crippen LogP contribution in [0.3, 0.4) is 0 Å². The molecular weight excluding hydrogens is 342 g/mol. The first-order valence-electron chi connectivity index (χ1n) is 8.78. The maximum Gasteiger partial charge on any atom is 0.203 e. The number of benzene rings is 1. The molecule has 2 unspecified atom stereocenters. The monoisotopic (exact) mass is 363 g/mol. The highest BCUT2D eigenvalue weighted by atomic mass is 16.5. The number of hydrogen-bond acceptors (Lipinski definition) is 6. The first-order valence-corrected chi connectivity index (χ1v) is 8.78. The van der Waals surface area contributed by atoms with Gasteiger partial charge in [-0.1, -0.05) is 6.07 Å². The molecule has 1 aliphatic carbocycles. The Bertz CT molecular complexity index is 904. The maximum atomic E-state index is 5.47. The molecule has 0 saturated heterocycles. The quantitative estimate of drug-likeness (QED) is 0.663. The van der Waals surface area contributed by atoms with Gasteiger partial charge in [0.05, 0.1) is 21.3 Å². The van der Waals surface area contributed by atoms with Crippen LogP contribution in [0, 0.1) is 0 Å². The van der Waals surface area contributed by atoms with E-state index in [-0.39, 0.29) is 0 Å². The maximum absolute atomic E-state index is 5.47. The van der Waals surface area contributed by atoms with Gasteiger partial charge in [0.15, 0.2) is 17.3 Å². The molecular formula is C21H21N3O3. The molecule has 6 heteroatoms. The zero-order chi connectivity index (χ0) is 18.8. The third kappa shape index (κ3) is 3.30. The van der Waals surface area contributed by atoms with Gasteiger partial charge in [-0.25, -0.2) is 9.97 Å². The van der Waals surface area contributed by atoms with E-state index < -0.39 is 0 Å². The molecule has 1 aromatic carbocycles. The highest BCUT2D eigenvalue weighted by molar-refractivity contribution is 5.56. The zero-order valence-electron chi connectivity index (χ0n) is 15.5. The minimum absolute atomic E-state index is 0.392. The number of rotatable bonds is 6. The Morgan fingerprint density at radius 3 is 2.04 bits per heavy atom. The highest BCUT2D eigenvalue weighted by Gasteiger charge is 2.41. The summed E-state index contributed by atoms with van der Waals surface area (Å²) in [5.41, 5.74) is 3.08. The molecule has 6 nitrogen and oxygen atoms in total. The van der Waals surface area contributed by atoms with Gasteiger partial charge in [0.1, 0.15) is 5.69 Å². The molecule has 0 radical (unpaired) electrons. The molecule has 2 heterocycles. The summed E-state index contributed by atoms with van der Waals surface area (Å²) in [7, 11) is 4.88. The van der Waals surface area contributed by atoms with Gasteiger partial charge in [-0.05, 0) is 53.6 Å². The molecule has 1 fully saturated rings. The lowest BCUT2D eigenvalue weighted by molar-refractivity contribution is 0.324. The summed E-state index contributed by atoms with van der Waals surface area (Å²) in [6, 6.07) is 9.76. The number of aromatic nitrogens is 3. The Hall–Kier alpha value is -3.15. The van der Waals surface area contributed by atoms with E-state index in [1.807, 2.05) is 42.7 Å². The van der Waals surface area contributed by atoms with Crippen molar-refractivity contribution in [3.63, 3.8) is 0 Å². The molecule has 0 spiro atoms. The van der Waals surface area contributed by atoms with Gasteiger partial charge >= 0.3 is 0 Å². The van der Waals surface area contributed by atoms with Crippen LogP contribution in [0.1, 0.15) is 29.4 Å². The molecule has 0 N–H and O–H groups in total. The lowest BCUT2D eigenvalue weighted by Crippen LogP contribution is -1.97. The Kier molecular flexibility index (Phi) is 4.62. The average molecular weight is 363 g/mol. The third-order valence-electron chi connectivity index (χ3n) is 4.90. The predicted octanol–water partition coefficient (Wildman–Crippen LogP) is 3.84. The van der Waals surface area contributed by atoms with Crippen LogP contribution in [-0.4, -0.2) is 36.3 Å². The summed E-state index contributed by atoms with van der Waals surface area (Å²) in [5.74, 6) is 3.40. The van der Waals surface area contributed by atoms with Crippen molar-refractivity contribution in [3.05, 3.63) is 60.0 Å². The van der Waals surface area contributed by atoms with Crippen molar-refractivity contribution in [2.24, 2.45) is 0 Å². The molecule has 138 valence electrons. The van der Waals surface area contributed by atoms with Crippen LogP contribution < -0.4 is 14.2 Å². The first kappa shape index (κ1) is 17.3. The van der Waals surface area contributed by atoms with E-state index in [0.29, 0.717) is 34.9 Å². The third-order valence-corrected chi connectivity index (χ3v) is 4.90. The minimum Gasteiger partial charge on any atom is -0.493 e. The molecule has 2 atom stereocenters. The molecule has 1 aliphatic rings. The number of hydrogen-bond donors (Lipinski definition) is 0. The van der Waals surface area contributed by atoms with Gasteiger partial charge in [-0.15, -0.1) is 0 Å². The normalized spacial score (nSPS) is 18.0. The minimum atomic E-state index is 0.392. The Morgan fingerprint density at radius 2 is 1.48 bits per heavy atom. The molecule has 1 saturated carbocycles. The van der Waals surface area contributed by atoms with E-state index in [2.05, 4.69) is 15.0 Å². The van der Waals surface area contributed by atoms with E-state index in [9.17, 15) is 0 Å². The van der Waals surface area contributed by atoms with Crippen molar-refractivity contribution in [2.45, 2.75) is 18.3 Å². The van der Waals surface area contributed by atoms with Gasteiger partial charge < -0.3 is 14.2 Å². The fourth-order valence-electron chi connectivity index (χ4n) is 3.40. The van der Waals surface area contributed by atoms with Crippen LogP contribution in [0.15, 0.2) is 48.9 Å². The number of methoxy groups -OCH3 is 3. The van der Waals surface area contributed by atoms with Crippen molar-refractivity contribution in [3.8, 4) is 28.8 Å². The van der Waals surface area contributed by atoms with Gasteiger partial charge in [-0.2, -0.15) is 0 Å². The van der Waals surface area contributed by atoms with Crippen molar-refractivity contribution in [1.82, 2.24) is 15.0 Å². The Morgan fingerprint density at radius 1 is 0.815 bits per heavy atom. The SMILES string of the molecule is COc1cc(C2CC2c2cnc(-c3ccccn3)nc2)cc(OC)c1OC. The summed E-state index contributed by atoms with van der Waals surface area (Å²) in [6.45, 7) is 0. The largest absolute Gasteiger partial charge is 0.493 e. The number of pyridine rings is 1. The van der Waals surface area contributed by atoms with E-state index in [1.165, 1.54) is 5.56 Å². The highest BCUT2D eigenvalue weighted by Crippen LogP contribution is 2.56. The van der Waals surface area contributed by atoms with Crippen LogP contribution in [-0.2, 0) is 0 Å². The van der Waals surface area contributed by atoms with Gasteiger partial charge in [-0.3, -0.25) is 4.98 Å². The summed E-state index contributed by atoms with van der Waals surface area (Å²) in [6.07, 6.45) is 6.60. The first-order chi connectivity index (χ1) is 13.2. The molecule has 0 amide bonds. The van der Waals surface area contributed by atoms with E-state index in [1.54, 1.807) is 27.5 Å². The van der Waals surface area contributed by atoms with E-state index in [0.717, 1.165) is 17.7 Å². The van der Waals surface area contributed by atoms with Crippen LogP contribution in [0.2, 0.25) is 0 Å². The van der Waals surface area contributed by atoms with Crippen molar-refractivity contribution < 1.29 is 14.2 Å². The fraction of sp³-hybridized carbons (Fsp3) is 0.286. The molecule has 0 bridgehead atoms. The Labute approximate surface area is 158 Å².